The highest BCUT2D eigenvalue weighted by molar-refractivity contribution is 5.44. The standard InChI is InChI=1S/C25H36N2O2/c1-4-22(21-13-14-24(28-2)25(18-21)29-3)23-19-26-15-17-27(23)16-9-8-12-20-10-6-5-7-11-20/h5-7,10-11,13-14,18,22-23,26H,4,8-9,12,15-17,19H2,1-3H3. The summed E-state index contributed by atoms with van der Waals surface area (Å²) in [6, 6.07) is 17.8. The van der Waals surface area contributed by atoms with Crippen molar-refractivity contribution in [3.63, 3.8) is 0 Å². The molecule has 0 saturated carbocycles. The van der Waals surface area contributed by atoms with Gasteiger partial charge in [0.05, 0.1) is 14.2 Å². The van der Waals surface area contributed by atoms with Gasteiger partial charge < -0.3 is 14.8 Å². The Labute approximate surface area is 176 Å². The van der Waals surface area contributed by atoms with Gasteiger partial charge in [0, 0.05) is 31.6 Å². The molecule has 0 aliphatic carbocycles. The third-order valence-electron chi connectivity index (χ3n) is 6.14. The molecule has 29 heavy (non-hydrogen) atoms. The Bertz CT molecular complexity index is 735. The smallest absolute Gasteiger partial charge is 0.160 e. The number of hydrogen-bond acceptors (Lipinski definition) is 4. The van der Waals surface area contributed by atoms with Gasteiger partial charge in [-0.05, 0) is 55.5 Å². The molecular formula is C25H36N2O2. The van der Waals surface area contributed by atoms with Crippen molar-refractivity contribution < 1.29 is 9.47 Å². The number of methoxy groups -OCH3 is 2. The summed E-state index contributed by atoms with van der Waals surface area (Å²) in [5.41, 5.74) is 2.79. The minimum atomic E-state index is 0.483. The lowest BCUT2D eigenvalue weighted by Gasteiger charge is -2.41. The molecule has 2 aromatic rings. The fraction of sp³-hybridized carbons (Fsp3) is 0.520. The number of aryl methyl sites for hydroxylation is 1. The number of piperazine rings is 1. The molecule has 1 fully saturated rings. The van der Waals surface area contributed by atoms with Crippen molar-refractivity contribution in [2.75, 3.05) is 40.4 Å². The zero-order chi connectivity index (χ0) is 20.5. The van der Waals surface area contributed by atoms with Crippen LogP contribution in [0.25, 0.3) is 0 Å². The Morgan fingerprint density at radius 2 is 1.83 bits per heavy atom. The second-order valence-electron chi connectivity index (χ2n) is 7.88. The number of unbranched alkanes of at least 4 members (excludes halogenated alkanes) is 1. The van der Waals surface area contributed by atoms with E-state index >= 15 is 0 Å². The second kappa shape index (κ2) is 11.2. The highest BCUT2D eigenvalue weighted by Crippen LogP contribution is 2.34. The van der Waals surface area contributed by atoms with Gasteiger partial charge in [0.25, 0.3) is 0 Å². The molecule has 1 heterocycles. The SMILES string of the molecule is CCC(c1ccc(OC)c(OC)c1)C1CNCCN1CCCCc1ccccc1. The van der Waals surface area contributed by atoms with Crippen LogP contribution in [-0.2, 0) is 6.42 Å². The number of ether oxygens (including phenoxy) is 2. The van der Waals surface area contributed by atoms with E-state index < -0.39 is 0 Å². The van der Waals surface area contributed by atoms with Gasteiger partial charge in [0.15, 0.2) is 11.5 Å². The van der Waals surface area contributed by atoms with Crippen molar-refractivity contribution >= 4 is 0 Å². The molecule has 2 atom stereocenters. The summed E-state index contributed by atoms with van der Waals surface area (Å²) in [6.45, 7) is 6.72. The molecule has 158 valence electrons. The predicted octanol–water partition coefficient (Wildman–Crippen LogP) is 4.49. The van der Waals surface area contributed by atoms with E-state index in [4.69, 9.17) is 9.47 Å². The zero-order valence-corrected chi connectivity index (χ0v) is 18.2. The summed E-state index contributed by atoms with van der Waals surface area (Å²) >= 11 is 0. The molecule has 0 radical (unpaired) electrons. The van der Waals surface area contributed by atoms with Crippen LogP contribution >= 0.6 is 0 Å². The van der Waals surface area contributed by atoms with E-state index in [-0.39, 0.29) is 0 Å². The number of hydrogen-bond donors (Lipinski definition) is 1. The monoisotopic (exact) mass is 396 g/mol. The number of rotatable bonds is 10. The van der Waals surface area contributed by atoms with E-state index in [0.717, 1.165) is 37.6 Å². The normalized spacial score (nSPS) is 18.4. The molecule has 2 aromatic carbocycles. The van der Waals surface area contributed by atoms with Crippen molar-refractivity contribution in [2.45, 2.75) is 44.6 Å². The van der Waals surface area contributed by atoms with Crippen molar-refractivity contribution in [1.82, 2.24) is 10.2 Å². The lowest BCUT2D eigenvalue weighted by molar-refractivity contribution is 0.133. The molecule has 1 N–H and O–H groups in total. The van der Waals surface area contributed by atoms with Crippen molar-refractivity contribution in [3.05, 3.63) is 59.7 Å². The average Bonchev–Trinajstić information content (AvgIpc) is 2.78. The second-order valence-corrected chi connectivity index (χ2v) is 7.88. The van der Waals surface area contributed by atoms with E-state index in [9.17, 15) is 0 Å². The van der Waals surface area contributed by atoms with Gasteiger partial charge in [-0.2, -0.15) is 0 Å². The fourth-order valence-corrected chi connectivity index (χ4v) is 4.54. The average molecular weight is 397 g/mol. The van der Waals surface area contributed by atoms with Crippen LogP contribution in [0.5, 0.6) is 11.5 Å². The first-order valence-electron chi connectivity index (χ1n) is 11.0. The fourth-order valence-electron chi connectivity index (χ4n) is 4.54. The number of benzene rings is 2. The van der Waals surface area contributed by atoms with Crippen LogP contribution in [-0.4, -0.2) is 51.3 Å². The van der Waals surface area contributed by atoms with E-state index in [1.54, 1.807) is 14.2 Å². The van der Waals surface area contributed by atoms with Crippen LogP contribution in [0.3, 0.4) is 0 Å². The third kappa shape index (κ3) is 5.74. The van der Waals surface area contributed by atoms with Gasteiger partial charge in [0.1, 0.15) is 0 Å². The highest BCUT2D eigenvalue weighted by Gasteiger charge is 2.30. The number of nitrogens with one attached hydrogen (secondary N) is 1. The van der Waals surface area contributed by atoms with Gasteiger partial charge in [-0.3, -0.25) is 4.90 Å². The molecule has 4 nitrogen and oxygen atoms in total. The van der Waals surface area contributed by atoms with E-state index in [1.807, 2.05) is 6.07 Å². The van der Waals surface area contributed by atoms with Crippen LogP contribution in [0.4, 0.5) is 0 Å². The maximum Gasteiger partial charge on any atom is 0.160 e. The van der Waals surface area contributed by atoms with Gasteiger partial charge in [-0.25, -0.2) is 0 Å². The summed E-state index contributed by atoms with van der Waals surface area (Å²) in [5.74, 6) is 2.10. The van der Waals surface area contributed by atoms with Crippen molar-refractivity contribution in [2.24, 2.45) is 0 Å². The van der Waals surface area contributed by atoms with Crippen LogP contribution in [0.1, 0.15) is 43.2 Å². The van der Waals surface area contributed by atoms with Crippen molar-refractivity contribution in [1.29, 1.82) is 0 Å². The Hall–Kier alpha value is -2.04. The molecule has 4 heteroatoms. The van der Waals surface area contributed by atoms with Gasteiger partial charge in [-0.15, -0.1) is 0 Å². The molecule has 0 spiro atoms. The molecule has 1 saturated heterocycles. The molecule has 1 aliphatic heterocycles. The maximum atomic E-state index is 5.55. The van der Waals surface area contributed by atoms with Crippen LogP contribution in [0.15, 0.2) is 48.5 Å². The molecular weight excluding hydrogens is 360 g/mol. The first-order chi connectivity index (χ1) is 14.3. The topological polar surface area (TPSA) is 33.7 Å². The molecule has 0 amide bonds. The zero-order valence-electron chi connectivity index (χ0n) is 18.2. The Balaban J connectivity index is 1.63. The summed E-state index contributed by atoms with van der Waals surface area (Å²) in [6.07, 6.45) is 4.77. The molecule has 0 bridgehead atoms. The highest BCUT2D eigenvalue weighted by atomic mass is 16.5. The first-order valence-corrected chi connectivity index (χ1v) is 11.0. The van der Waals surface area contributed by atoms with E-state index in [0.29, 0.717) is 12.0 Å². The maximum absolute atomic E-state index is 5.55. The van der Waals surface area contributed by atoms with E-state index in [2.05, 4.69) is 59.6 Å². The van der Waals surface area contributed by atoms with Crippen LogP contribution in [0, 0.1) is 0 Å². The van der Waals surface area contributed by atoms with Crippen LogP contribution < -0.4 is 14.8 Å². The summed E-state index contributed by atoms with van der Waals surface area (Å²) < 4.78 is 11.0. The lowest BCUT2D eigenvalue weighted by atomic mass is 9.86. The third-order valence-corrected chi connectivity index (χ3v) is 6.14. The van der Waals surface area contributed by atoms with E-state index in [1.165, 1.54) is 36.9 Å². The lowest BCUT2D eigenvalue weighted by Crippen LogP contribution is -2.53. The van der Waals surface area contributed by atoms with Crippen LogP contribution in [0.2, 0.25) is 0 Å². The summed E-state index contributed by atoms with van der Waals surface area (Å²) in [5, 5.41) is 3.62. The molecule has 0 aromatic heterocycles. The van der Waals surface area contributed by atoms with Gasteiger partial charge in [-0.1, -0.05) is 43.3 Å². The first kappa shape index (κ1) is 21.7. The molecule has 2 unspecified atom stereocenters. The minimum absolute atomic E-state index is 0.483. The van der Waals surface area contributed by atoms with Gasteiger partial charge in [0.2, 0.25) is 0 Å². The van der Waals surface area contributed by atoms with Crippen molar-refractivity contribution in [3.8, 4) is 11.5 Å². The Kier molecular flexibility index (Phi) is 8.38. The summed E-state index contributed by atoms with van der Waals surface area (Å²) in [7, 11) is 3.40. The Morgan fingerprint density at radius 1 is 1.03 bits per heavy atom. The number of nitrogens with zero attached hydrogens (tertiary/aromatic N) is 1. The summed E-state index contributed by atoms with van der Waals surface area (Å²) in [4.78, 5) is 2.70. The largest absolute Gasteiger partial charge is 0.493 e. The quantitative estimate of drug-likeness (QED) is 0.600. The predicted molar refractivity (Wildman–Crippen MR) is 120 cm³/mol. The van der Waals surface area contributed by atoms with Gasteiger partial charge >= 0.3 is 0 Å². The molecule has 1 aliphatic rings. The Morgan fingerprint density at radius 3 is 2.55 bits per heavy atom. The minimum Gasteiger partial charge on any atom is -0.493 e. The molecule has 3 rings (SSSR count).